The second-order valence-electron chi connectivity index (χ2n) is 7.19. The molecule has 3 aromatic heterocycles. The highest BCUT2D eigenvalue weighted by Gasteiger charge is 2.11. The maximum Gasteiger partial charge on any atom is 0.320 e. The Morgan fingerprint density at radius 1 is 0.839 bits per heavy atom. The number of hydrogen-bond donors (Lipinski definition) is 2. The predicted octanol–water partition coefficient (Wildman–Crippen LogP) is 4.44. The molecule has 2 N–H and O–H groups in total. The fourth-order valence-corrected chi connectivity index (χ4v) is 3.16. The summed E-state index contributed by atoms with van der Waals surface area (Å²) in [7, 11) is 0. The minimum Gasteiger partial charge on any atom is -0.480 e. The van der Waals surface area contributed by atoms with E-state index < -0.39 is 12.0 Å². The summed E-state index contributed by atoms with van der Waals surface area (Å²) in [5, 5.41) is 12.0. The zero-order valence-electron chi connectivity index (χ0n) is 17.1. The van der Waals surface area contributed by atoms with Crippen LogP contribution in [0.15, 0.2) is 85.2 Å². The number of nitrogens with one attached hydrogen (secondary N) is 1. The van der Waals surface area contributed by atoms with Crippen LogP contribution in [0.4, 0.5) is 0 Å². The SMILES string of the molecule is C[C@H](NCc1ccc(-c2cc(-c3ccccn3)nc(-c3ccccn3)c2)cc1)C(=O)O. The summed E-state index contributed by atoms with van der Waals surface area (Å²) in [5.41, 5.74) is 6.21. The maximum absolute atomic E-state index is 11.0. The first-order valence-electron chi connectivity index (χ1n) is 10.0. The first-order chi connectivity index (χ1) is 15.1. The molecule has 0 aliphatic carbocycles. The third-order valence-corrected chi connectivity index (χ3v) is 4.95. The highest BCUT2D eigenvalue weighted by atomic mass is 16.4. The lowest BCUT2D eigenvalue weighted by Crippen LogP contribution is -2.33. The van der Waals surface area contributed by atoms with Crippen molar-refractivity contribution in [2.24, 2.45) is 0 Å². The molecule has 0 unspecified atom stereocenters. The van der Waals surface area contributed by atoms with Gasteiger partial charge in [-0.1, -0.05) is 36.4 Å². The maximum atomic E-state index is 11.0. The molecule has 0 amide bonds. The van der Waals surface area contributed by atoms with E-state index in [9.17, 15) is 4.79 Å². The van der Waals surface area contributed by atoms with Crippen LogP contribution in [0, 0.1) is 0 Å². The average molecular weight is 410 g/mol. The molecule has 1 atom stereocenters. The van der Waals surface area contributed by atoms with Gasteiger partial charge >= 0.3 is 5.97 Å². The van der Waals surface area contributed by atoms with E-state index in [1.54, 1.807) is 19.3 Å². The Morgan fingerprint density at radius 3 is 1.90 bits per heavy atom. The first-order valence-corrected chi connectivity index (χ1v) is 10.0. The summed E-state index contributed by atoms with van der Waals surface area (Å²) >= 11 is 0. The lowest BCUT2D eigenvalue weighted by Gasteiger charge is -2.11. The number of hydrogen-bond acceptors (Lipinski definition) is 5. The van der Waals surface area contributed by atoms with E-state index >= 15 is 0 Å². The fourth-order valence-electron chi connectivity index (χ4n) is 3.16. The number of pyridine rings is 3. The molecule has 0 aliphatic rings. The second kappa shape index (κ2) is 9.28. The van der Waals surface area contributed by atoms with Crippen molar-refractivity contribution in [3.05, 3.63) is 90.8 Å². The monoisotopic (exact) mass is 410 g/mol. The van der Waals surface area contributed by atoms with Crippen LogP contribution in [0.25, 0.3) is 33.9 Å². The standard InChI is InChI=1S/C25H22N4O2/c1-17(25(30)31)28-16-18-8-10-19(11-9-18)20-14-23(21-6-2-4-12-26-21)29-24(15-20)22-7-3-5-13-27-22/h2-15,17,28H,16H2,1H3,(H,30,31)/t17-/m0/s1. The summed E-state index contributed by atoms with van der Waals surface area (Å²) < 4.78 is 0. The van der Waals surface area contributed by atoms with E-state index in [0.29, 0.717) is 6.54 Å². The van der Waals surface area contributed by atoms with Gasteiger partial charge in [-0.2, -0.15) is 0 Å². The van der Waals surface area contributed by atoms with Gasteiger partial charge in [0.15, 0.2) is 0 Å². The fraction of sp³-hybridized carbons (Fsp3) is 0.120. The van der Waals surface area contributed by atoms with Crippen molar-refractivity contribution in [1.82, 2.24) is 20.3 Å². The van der Waals surface area contributed by atoms with E-state index in [1.165, 1.54) is 0 Å². The quantitative estimate of drug-likeness (QED) is 0.468. The van der Waals surface area contributed by atoms with Gasteiger partial charge in [0.2, 0.25) is 0 Å². The third-order valence-electron chi connectivity index (χ3n) is 4.95. The minimum absolute atomic E-state index is 0.489. The number of carboxylic acid groups (broad SMARTS) is 1. The Balaban J connectivity index is 1.68. The summed E-state index contributed by atoms with van der Waals surface area (Å²) in [6, 6.07) is 23.0. The Hall–Kier alpha value is -3.90. The highest BCUT2D eigenvalue weighted by Crippen LogP contribution is 2.29. The van der Waals surface area contributed by atoms with Crippen LogP contribution >= 0.6 is 0 Å². The molecule has 1 aromatic carbocycles. The summed E-state index contributed by atoms with van der Waals surface area (Å²) in [6.45, 7) is 2.12. The van der Waals surface area contributed by atoms with Gasteiger partial charge in [0.1, 0.15) is 6.04 Å². The molecule has 4 rings (SSSR count). The number of rotatable bonds is 7. The van der Waals surface area contributed by atoms with Crippen molar-refractivity contribution in [2.75, 3.05) is 0 Å². The second-order valence-corrected chi connectivity index (χ2v) is 7.19. The average Bonchev–Trinajstić information content (AvgIpc) is 2.83. The molecular weight excluding hydrogens is 388 g/mol. The van der Waals surface area contributed by atoms with Crippen LogP contribution in [-0.2, 0) is 11.3 Å². The van der Waals surface area contributed by atoms with Crippen molar-refractivity contribution in [3.8, 4) is 33.9 Å². The molecule has 6 heteroatoms. The van der Waals surface area contributed by atoms with E-state index in [1.807, 2.05) is 72.8 Å². The van der Waals surface area contributed by atoms with Gasteiger partial charge in [0, 0.05) is 18.9 Å². The molecular formula is C25H22N4O2. The Bertz CT molecular complexity index is 1110. The molecule has 0 spiro atoms. The molecule has 0 radical (unpaired) electrons. The van der Waals surface area contributed by atoms with Crippen molar-refractivity contribution >= 4 is 5.97 Å². The first kappa shape index (κ1) is 20.4. The van der Waals surface area contributed by atoms with Crippen LogP contribution in [0.3, 0.4) is 0 Å². The van der Waals surface area contributed by atoms with E-state index in [2.05, 4.69) is 15.3 Å². The number of aliphatic carboxylic acids is 1. The normalized spacial score (nSPS) is 11.8. The molecule has 0 saturated carbocycles. The number of carbonyl (C=O) groups is 1. The minimum atomic E-state index is -0.863. The van der Waals surface area contributed by atoms with Crippen molar-refractivity contribution in [3.63, 3.8) is 0 Å². The molecule has 0 bridgehead atoms. The highest BCUT2D eigenvalue weighted by molar-refractivity contribution is 5.75. The zero-order valence-corrected chi connectivity index (χ0v) is 17.1. The predicted molar refractivity (Wildman–Crippen MR) is 120 cm³/mol. The molecule has 0 saturated heterocycles. The molecule has 31 heavy (non-hydrogen) atoms. The number of benzene rings is 1. The Kier molecular flexibility index (Phi) is 6.10. The topological polar surface area (TPSA) is 88.0 Å². The number of aromatic nitrogens is 3. The van der Waals surface area contributed by atoms with Crippen LogP contribution in [-0.4, -0.2) is 32.1 Å². The van der Waals surface area contributed by atoms with Gasteiger partial charge < -0.3 is 10.4 Å². The smallest absolute Gasteiger partial charge is 0.320 e. The van der Waals surface area contributed by atoms with Gasteiger partial charge in [0.05, 0.1) is 22.8 Å². The Morgan fingerprint density at radius 2 is 1.42 bits per heavy atom. The van der Waals surface area contributed by atoms with E-state index in [0.717, 1.165) is 39.5 Å². The lowest BCUT2D eigenvalue weighted by atomic mass is 10.0. The number of carboxylic acids is 1. The van der Waals surface area contributed by atoms with Gasteiger partial charge in [-0.15, -0.1) is 0 Å². The van der Waals surface area contributed by atoms with Crippen LogP contribution in [0.5, 0.6) is 0 Å². The van der Waals surface area contributed by atoms with Crippen LogP contribution in [0.2, 0.25) is 0 Å². The van der Waals surface area contributed by atoms with Crippen LogP contribution in [0.1, 0.15) is 12.5 Å². The summed E-state index contributed by atoms with van der Waals surface area (Å²) in [6.07, 6.45) is 3.51. The van der Waals surface area contributed by atoms with Gasteiger partial charge in [-0.3, -0.25) is 14.8 Å². The molecule has 6 nitrogen and oxygen atoms in total. The third kappa shape index (κ3) is 4.99. The molecule has 154 valence electrons. The molecule has 0 aliphatic heterocycles. The van der Waals surface area contributed by atoms with Gasteiger partial charge in [-0.25, -0.2) is 4.98 Å². The molecule has 4 aromatic rings. The van der Waals surface area contributed by atoms with Crippen molar-refractivity contribution in [2.45, 2.75) is 19.5 Å². The largest absolute Gasteiger partial charge is 0.480 e. The van der Waals surface area contributed by atoms with Crippen molar-refractivity contribution in [1.29, 1.82) is 0 Å². The Labute approximate surface area is 180 Å². The summed E-state index contributed by atoms with van der Waals surface area (Å²) in [5.74, 6) is -0.863. The zero-order chi connectivity index (χ0) is 21.6. The van der Waals surface area contributed by atoms with Crippen LogP contribution < -0.4 is 5.32 Å². The molecule has 3 heterocycles. The van der Waals surface area contributed by atoms with Gasteiger partial charge in [-0.05, 0) is 60.0 Å². The summed E-state index contributed by atoms with van der Waals surface area (Å²) in [4.78, 5) is 24.7. The van der Waals surface area contributed by atoms with E-state index in [4.69, 9.17) is 10.1 Å². The van der Waals surface area contributed by atoms with Crippen molar-refractivity contribution < 1.29 is 9.90 Å². The lowest BCUT2D eigenvalue weighted by molar-refractivity contribution is -0.139. The van der Waals surface area contributed by atoms with E-state index in [-0.39, 0.29) is 0 Å². The van der Waals surface area contributed by atoms with Gasteiger partial charge in [0.25, 0.3) is 0 Å². The molecule has 0 fully saturated rings. The number of nitrogens with zero attached hydrogens (tertiary/aromatic N) is 3.